The minimum atomic E-state index is -0.946. The molecule has 6 nitrogen and oxygen atoms in total. The van der Waals surface area contributed by atoms with E-state index in [1.54, 1.807) is 0 Å². The van der Waals surface area contributed by atoms with Crippen LogP contribution in [0.15, 0.2) is 24.3 Å². The molecule has 1 aromatic carbocycles. The molecule has 0 saturated carbocycles. The molecule has 2 rings (SSSR count). The maximum atomic E-state index is 12.1. The smallest absolute Gasteiger partial charge is 0.326 e. The molecule has 1 atom stereocenters. The van der Waals surface area contributed by atoms with Gasteiger partial charge in [0.25, 0.3) is 0 Å². The summed E-state index contributed by atoms with van der Waals surface area (Å²) in [5.41, 5.74) is 2.51. The van der Waals surface area contributed by atoms with Gasteiger partial charge in [0.1, 0.15) is 6.04 Å². The highest BCUT2D eigenvalue weighted by Gasteiger charge is 2.21. The molecule has 1 aromatic rings. The van der Waals surface area contributed by atoms with Crippen LogP contribution in [-0.4, -0.2) is 60.6 Å². The van der Waals surface area contributed by atoms with E-state index in [4.69, 9.17) is 0 Å². The van der Waals surface area contributed by atoms with Gasteiger partial charge in [-0.15, -0.1) is 0 Å². The first-order valence-electron chi connectivity index (χ1n) is 9.55. The Hall–Kier alpha value is -2.08. The van der Waals surface area contributed by atoms with E-state index in [0.29, 0.717) is 19.4 Å². The molecule has 0 aromatic heterocycles. The van der Waals surface area contributed by atoms with E-state index in [1.807, 2.05) is 6.92 Å². The normalized spacial score (nSPS) is 16.3. The summed E-state index contributed by atoms with van der Waals surface area (Å²) in [4.78, 5) is 27.9. The van der Waals surface area contributed by atoms with Gasteiger partial charge in [-0.3, -0.25) is 9.69 Å². The lowest BCUT2D eigenvalue weighted by atomic mass is 10.1. The van der Waals surface area contributed by atoms with E-state index >= 15 is 0 Å². The second-order valence-corrected chi connectivity index (χ2v) is 7.02. The number of benzene rings is 1. The first-order chi connectivity index (χ1) is 12.5. The zero-order valence-electron chi connectivity index (χ0n) is 15.9. The van der Waals surface area contributed by atoms with Crippen molar-refractivity contribution < 1.29 is 14.7 Å². The molecule has 1 aliphatic heterocycles. The van der Waals surface area contributed by atoms with Crippen LogP contribution in [0.3, 0.4) is 0 Å². The van der Waals surface area contributed by atoms with Crippen LogP contribution in [0.25, 0.3) is 0 Å². The fourth-order valence-electron chi connectivity index (χ4n) is 3.25. The third-order valence-electron chi connectivity index (χ3n) is 4.87. The molecule has 0 aliphatic carbocycles. The molecule has 1 aliphatic rings. The first-order valence-corrected chi connectivity index (χ1v) is 9.55. The van der Waals surface area contributed by atoms with Crippen molar-refractivity contribution in [3.63, 3.8) is 0 Å². The molecular weight excluding hydrogens is 330 g/mol. The molecule has 1 amide bonds. The van der Waals surface area contributed by atoms with Gasteiger partial charge < -0.3 is 15.3 Å². The summed E-state index contributed by atoms with van der Waals surface area (Å²) in [6.07, 6.45) is 2.57. The van der Waals surface area contributed by atoms with E-state index < -0.39 is 12.0 Å². The topological polar surface area (TPSA) is 72.9 Å². The molecule has 2 N–H and O–H groups in total. The summed E-state index contributed by atoms with van der Waals surface area (Å²) < 4.78 is 0. The number of hydrogen-bond donors (Lipinski definition) is 2. The van der Waals surface area contributed by atoms with E-state index in [-0.39, 0.29) is 5.91 Å². The maximum absolute atomic E-state index is 12.1. The number of rotatable bonds is 9. The molecule has 0 spiro atoms. The van der Waals surface area contributed by atoms with Crippen LogP contribution in [0, 0.1) is 6.92 Å². The monoisotopic (exact) mass is 361 g/mol. The second-order valence-electron chi connectivity index (χ2n) is 7.02. The van der Waals surface area contributed by atoms with Crippen molar-refractivity contribution in [1.82, 2.24) is 10.2 Å². The molecule has 1 fully saturated rings. The largest absolute Gasteiger partial charge is 0.480 e. The summed E-state index contributed by atoms with van der Waals surface area (Å²) in [5, 5.41) is 11.8. The summed E-state index contributed by atoms with van der Waals surface area (Å²) in [5.74, 6) is -1.12. The van der Waals surface area contributed by atoms with Gasteiger partial charge in [-0.05, 0) is 31.0 Å². The van der Waals surface area contributed by atoms with Gasteiger partial charge in [0.2, 0.25) is 5.91 Å². The van der Waals surface area contributed by atoms with Gasteiger partial charge in [-0.1, -0.05) is 31.9 Å². The van der Waals surface area contributed by atoms with Crippen LogP contribution < -0.4 is 10.2 Å². The SMILES string of the molecule is CCCC[C@H](NC(=O)CCN1CCN(c2cccc(C)c2)CC1)C(=O)O. The van der Waals surface area contributed by atoms with Gasteiger partial charge in [-0.25, -0.2) is 4.79 Å². The number of amides is 1. The van der Waals surface area contributed by atoms with Gasteiger partial charge >= 0.3 is 5.97 Å². The molecule has 144 valence electrons. The van der Waals surface area contributed by atoms with Gasteiger partial charge in [-0.2, -0.15) is 0 Å². The van der Waals surface area contributed by atoms with E-state index in [2.05, 4.69) is 46.3 Å². The lowest BCUT2D eigenvalue weighted by Crippen LogP contribution is -2.48. The molecule has 26 heavy (non-hydrogen) atoms. The number of nitrogens with zero attached hydrogens (tertiary/aromatic N) is 2. The van der Waals surface area contributed by atoms with E-state index in [0.717, 1.165) is 39.0 Å². The van der Waals surface area contributed by atoms with Crippen molar-refractivity contribution in [2.75, 3.05) is 37.6 Å². The minimum Gasteiger partial charge on any atom is -0.480 e. The molecule has 1 saturated heterocycles. The van der Waals surface area contributed by atoms with Crippen molar-refractivity contribution >= 4 is 17.6 Å². The van der Waals surface area contributed by atoms with Crippen molar-refractivity contribution in [1.29, 1.82) is 0 Å². The number of aryl methyl sites for hydroxylation is 1. The number of piperazine rings is 1. The predicted octanol–water partition coefficient (Wildman–Crippen LogP) is 2.27. The fraction of sp³-hybridized carbons (Fsp3) is 0.600. The molecule has 6 heteroatoms. The van der Waals surface area contributed by atoms with Crippen LogP contribution in [0.1, 0.15) is 38.2 Å². The van der Waals surface area contributed by atoms with Crippen LogP contribution >= 0.6 is 0 Å². The Bertz CT molecular complexity index is 598. The lowest BCUT2D eigenvalue weighted by Gasteiger charge is -2.36. The number of carbonyl (C=O) groups is 2. The third kappa shape index (κ3) is 6.33. The van der Waals surface area contributed by atoms with Crippen molar-refractivity contribution in [2.24, 2.45) is 0 Å². The number of anilines is 1. The van der Waals surface area contributed by atoms with Gasteiger partial charge in [0, 0.05) is 44.8 Å². The highest BCUT2D eigenvalue weighted by atomic mass is 16.4. The Morgan fingerprint density at radius 3 is 2.58 bits per heavy atom. The maximum Gasteiger partial charge on any atom is 0.326 e. The minimum absolute atomic E-state index is 0.172. The predicted molar refractivity (Wildman–Crippen MR) is 104 cm³/mol. The Labute approximate surface area is 156 Å². The average Bonchev–Trinajstić information content (AvgIpc) is 2.63. The Morgan fingerprint density at radius 1 is 1.23 bits per heavy atom. The Morgan fingerprint density at radius 2 is 1.96 bits per heavy atom. The van der Waals surface area contributed by atoms with E-state index in [9.17, 15) is 14.7 Å². The Kier molecular flexibility index (Phi) is 7.91. The van der Waals surface area contributed by atoms with Crippen molar-refractivity contribution in [3.8, 4) is 0 Å². The number of nitrogens with one attached hydrogen (secondary N) is 1. The molecule has 0 unspecified atom stereocenters. The van der Waals surface area contributed by atoms with Crippen molar-refractivity contribution in [3.05, 3.63) is 29.8 Å². The van der Waals surface area contributed by atoms with Gasteiger partial charge in [0.15, 0.2) is 0 Å². The molecule has 0 bridgehead atoms. The average molecular weight is 361 g/mol. The fourth-order valence-corrected chi connectivity index (χ4v) is 3.25. The highest BCUT2D eigenvalue weighted by Crippen LogP contribution is 2.17. The van der Waals surface area contributed by atoms with Crippen LogP contribution in [-0.2, 0) is 9.59 Å². The molecule has 0 radical (unpaired) electrons. The number of aliphatic carboxylic acids is 1. The number of carbonyl (C=O) groups excluding carboxylic acids is 1. The summed E-state index contributed by atoms with van der Waals surface area (Å²) in [6.45, 7) is 8.51. The van der Waals surface area contributed by atoms with Crippen molar-refractivity contribution in [2.45, 2.75) is 45.6 Å². The zero-order valence-corrected chi connectivity index (χ0v) is 15.9. The molecular formula is C20H31N3O3. The van der Waals surface area contributed by atoms with Crippen LogP contribution in [0.2, 0.25) is 0 Å². The standard InChI is InChI=1S/C20H31N3O3/c1-3-4-8-18(20(25)26)21-19(24)9-10-22-11-13-23(14-12-22)17-7-5-6-16(2)15-17/h5-7,15,18H,3-4,8-14H2,1-2H3,(H,21,24)(H,25,26)/t18-/m0/s1. The quantitative estimate of drug-likeness (QED) is 0.706. The Balaban J connectivity index is 1.72. The molecule has 1 heterocycles. The van der Waals surface area contributed by atoms with Gasteiger partial charge in [0.05, 0.1) is 0 Å². The summed E-state index contributed by atoms with van der Waals surface area (Å²) >= 11 is 0. The zero-order chi connectivity index (χ0) is 18.9. The first kappa shape index (κ1) is 20.2. The highest BCUT2D eigenvalue weighted by molar-refractivity contribution is 5.83. The second kappa shape index (κ2) is 10.2. The summed E-state index contributed by atoms with van der Waals surface area (Å²) in [6, 6.07) is 7.76. The summed E-state index contributed by atoms with van der Waals surface area (Å²) in [7, 11) is 0. The number of unbranched alkanes of at least 4 members (excludes halogenated alkanes) is 1. The lowest BCUT2D eigenvalue weighted by molar-refractivity contribution is -0.142. The number of carboxylic acid groups (broad SMARTS) is 1. The third-order valence-corrected chi connectivity index (χ3v) is 4.87. The van der Waals surface area contributed by atoms with Crippen LogP contribution in [0.5, 0.6) is 0 Å². The number of carboxylic acids is 1. The van der Waals surface area contributed by atoms with E-state index in [1.165, 1.54) is 11.3 Å². The van der Waals surface area contributed by atoms with Crippen LogP contribution in [0.4, 0.5) is 5.69 Å². The number of hydrogen-bond acceptors (Lipinski definition) is 4.